The Kier molecular flexibility index (Phi) is 6.95. The highest BCUT2D eigenvalue weighted by Crippen LogP contribution is 2.21. The van der Waals surface area contributed by atoms with Gasteiger partial charge in [0.1, 0.15) is 0 Å². The Balaban J connectivity index is 1.55. The number of hydrogen-bond donors (Lipinski definition) is 1. The van der Waals surface area contributed by atoms with E-state index in [2.05, 4.69) is 10.2 Å². The molecule has 2 aliphatic heterocycles. The Bertz CT molecular complexity index is 777. The molecule has 0 aromatic heterocycles. The summed E-state index contributed by atoms with van der Waals surface area (Å²) in [5.74, 6) is 0. The third-order valence-corrected chi connectivity index (χ3v) is 7.05. The van der Waals surface area contributed by atoms with Crippen molar-refractivity contribution in [3.05, 3.63) is 29.8 Å². The van der Waals surface area contributed by atoms with Crippen LogP contribution in [0.2, 0.25) is 0 Å². The number of hydrogen-bond acceptors (Lipinski definition) is 4. The maximum absolute atomic E-state index is 12.6. The van der Waals surface area contributed by atoms with Gasteiger partial charge in [-0.15, -0.1) is 0 Å². The van der Waals surface area contributed by atoms with Gasteiger partial charge in [-0.25, -0.2) is 13.2 Å². The zero-order valence-corrected chi connectivity index (χ0v) is 17.7. The van der Waals surface area contributed by atoms with E-state index in [-0.39, 0.29) is 12.1 Å². The first-order chi connectivity index (χ1) is 13.3. The molecule has 0 saturated carbocycles. The van der Waals surface area contributed by atoms with Gasteiger partial charge in [0.05, 0.1) is 6.26 Å². The van der Waals surface area contributed by atoms with E-state index < -0.39 is 10.0 Å². The number of urea groups is 1. The Hall–Kier alpha value is -1.64. The fraction of sp³-hybridized carbons (Fsp3) is 0.650. The van der Waals surface area contributed by atoms with Crippen molar-refractivity contribution >= 4 is 21.7 Å². The number of nitrogens with zero attached hydrogens (tertiary/aromatic N) is 3. The molecule has 1 unspecified atom stereocenters. The third kappa shape index (κ3) is 5.46. The highest BCUT2D eigenvalue weighted by Gasteiger charge is 2.34. The molecule has 2 fully saturated rings. The van der Waals surface area contributed by atoms with Gasteiger partial charge in [0, 0.05) is 31.4 Å². The van der Waals surface area contributed by atoms with Crippen molar-refractivity contribution in [1.82, 2.24) is 14.1 Å². The molecular weight excluding hydrogens is 376 g/mol. The summed E-state index contributed by atoms with van der Waals surface area (Å²) in [6, 6.07) is 7.35. The van der Waals surface area contributed by atoms with Gasteiger partial charge in [-0.05, 0) is 63.9 Å². The lowest BCUT2D eigenvalue weighted by Gasteiger charge is -2.27. The molecular formula is C20H32N4O3S. The summed E-state index contributed by atoms with van der Waals surface area (Å²) in [5.41, 5.74) is 1.80. The minimum absolute atomic E-state index is 0.142. The number of amides is 2. The summed E-state index contributed by atoms with van der Waals surface area (Å²) in [6.07, 6.45) is 5.27. The van der Waals surface area contributed by atoms with Crippen LogP contribution in [0.1, 0.15) is 31.2 Å². The summed E-state index contributed by atoms with van der Waals surface area (Å²) in [4.78, 5) is 16.7. The number of nitrogens with one attached hydrogen (secondary N) is 1. The van der Waals surface area contributed by atoms with Crippen molar-refractivity contribution in [2.75, 3.05) is 50.8 Å². The van der Waals surface area contributed by atoms with E-state index in [9.17, 15) is 13.2 Å². The first kappa shape index (κ1) is 21.1. The molecule has 7 nitrogen and oxygen atoms in total. The van der Waals surface area contributed by atoms with Gasteiger partial charge in [0.15, 0.2) is 0 Å². The lowest BCUT2D eigenvalue weighted by atomic mass is 10.2. The number of carbonyl (C=O) groups is 1. The van der Waals surface area contributed by atoms with E-state index in [1.165, 1.54) is 19.1 Å². The second kappa shape index (κ2) is 9.24. The molecule has 0 aliphatic carbocycles. The van der Waals surface area contributed by atoms with Gasteiger partial charge in [-0.3, -0.25) is 0 Å². The molecule has 8 heteroatoms. The lowest BCUT2D eigenvalue weighted by Crippen LogP contribution is -2.44. The number of likely N-dealkylation sites (tertiary alicyclic amines) is 2. The smallest absolute Gasteiger partial charge is 0.321 e. The maximum atomic E-state index is 12.6. The zero-order valence-electron chi connectivity index (χ0n) is 16.9. The van der Waals surface area contributed by atoms with Crippen molar-refractivity contribution in [3.8, 4) is 0 Å². The van der Waals surface area contributed by atoms with Gasteiger partial charge in [0.2, 0.25) is 10.0 Å². The number of sulfonamides is 1. The van der Waals surface area contributed by atoms with Crippen molar-refractivity contribution in [3.63, 3.8) is 0 Å². The van der Waals surface area contributed by atoms with Gasteiger partial charge >= 0.3 is 6.03 Å². The summed E-state index contributed by atoms with van der Waals surface area (Å²) in [5, 5.41) is 2.94. The quantitative estimate of drug-likeness (QED) is 0.752. The van der Waals surface area contributed by atoms with Crippen LogP contribution in [-0.2, 0) is 10.0 Å². The normalized spacial score (nSPS) is 20.8. The molecule has 28 heavy (non-hydrogen) atoms. The van der Waals surface area contributed by atoms with Crippen LogP contribution in [0.25, 0.3) is 0 Å². The van der Waals surface area contributed by atoms with Crippen LogP contribution in [0, 0.1) is 6.92 Å². The van der Waals surface area contributed by atoms with Crippen LogP contribution in [0.15, 0.2) is 24.3 Å². The molecule has 2 heterocycles. The highest BCUT2D eigenvalue weighted by atomic mass is 32.2. The molecule has 2 saturated heterocycles. The largest absolute Gasteiger partial charge is 0.323 e. The zero-order chi connectivity index (χ0) is 20.1. The van der Waals surface area contributed by atoms with Crippen LogP contribution < -0.4 is 5.32 Å². The summed E-state index contributed by atoms with van der Waals surface area (Å²) in [7, 11) is -3.30. The van der Waals surface area contributed by atoms with Crippen LogP contribution in [0.3, 0.4) is 0 Å². The predicted molar refractivity (Wildman–Crippen MR) is 112 cm³/mol. The van der Waals surface area contributed by atoms with E-state index in [0.29, 0.717) is 26.1 Å². The number of benzene rings is 1. The number of aryl methyl sites for hydroxylation is 1. The number of para-hydroxylation sites is 1. The molecule has 2 aliphatic rings. The summed E-state index contributed by atoms with van der Waals surface area (Å²) >= 11 is 0. The number of anilines is 1. The SMILES string of the molecule is Cc1ccccc1NC(=O)N1CCC(N(CCCN2CCCC2)S(C)(=O)=O)C1. The lowest BCUT2D eigenvalue weighted by molar-refractivity contribution is 0.217. The summed E-state index contributed by atoms with van der Waals surface area (Å²) < 4.78 is 26.3. The molecule has 2 amide bonds. The van der Waals surface area contributed by atoms with Gasteiger partial charge < -0.3 is 15.1 Å². The van der Waals surface area contributed by atoms with E-state index in [0.717, 1.165) is 37.3 Å². The van der Waals surface area contributed by atoms with Crippen molar-refractivity contribution in [1.29, 1.82) is 0 Å². The standard InChI is InChI=1S/C20H32N4O3S/c1-17-8-3-4-9-19(17)21-20(25)23-15-10-18(16-23)24(28(2,26)27)14-7-13-22-11-5-6-12-22/h3-4,8-9,18H,5-7,10-16H2,1-2H3,(H,21,25). The predicted octanol–water partition coefficient (Wildman–Crippen LogP) is 2.35. The molecule has 0 spiro atoms. The van der Waals surface area contributed by atoms with Crippen molar-refractivity contribution in [2.45, 2.75) is 38.6 Å². The van der Waals surface area contributed by atoms with E-state index in [4.69, 9.17) is 0 Å². The molecule has 156 valence electrons. The third-order valence-electron chi connectivity index (χ3n) is 5.72. The first-order valence-electron chi connectivity index (χ1n) is 10.2. The Morgan fingerprint density at radius 2 is 1.93 bits per heavy atom. The molecule has 0 bridgehead atoms. The topological polar surface area (TPSA) is 73.0 Å². The second-order valence-electron chi connectivity index (χ2n) is 7.91. The Labute approximate surface area is 168 Å². The minimum atomic E-state index is -3.30. The fourth-order valence-electron chi connectivity index (χ4n) is 4.14. The molecule has 1 aromatic carbocycles. The number of rotatable bonds is 7. The molecule has 1 N–H and O–H groups in total. The van der Waals surface area contributed by atoms with Crippen molar-refractivity contribution < 1.29 is 13.2 Å². The van der Waals surface area contributed by atoms with Gasteiger partial charge in [-0.2, -0.15) is 4.31 Å². The fourth-order valence-corrected chi connectivity index (χ4v) is 5.32. The van der Waals surface area contributed by atoms with Crippen molar-refractivity contribution in [2.24, 2.45) is 0 Å². The maximum Gasteiger partial charge on any atom is 0.321 e. The van der Waals surface area contributed by atoms with Crippen LogP contribution in [0.5, 0.6) is 0 Å². The molecule has 1 atom stereocenters. The monoisotopic (exact) mass is 408 g/mol. The number of carbonyl (C=O) groups excluding carboxylic acids is 1. The Morgan fingerprint density at radius 1 is 1.21 bits per heavy atom. The summed E-state index contributed by atoms with van der Waals surface area (Å²) in [6.45, 7) is 6.66. The highest BCUT2D eigenvalue weighted by molar-refractivity contribution is 7.88. The molecule has 1 aromatic rings. The average molecular weight is 409 g/mol. The first-order valence-corrected chi connectivity index (χ1v) is 12.0. The van der Waals surface area contributed by atoms with Crippen LogP contribution in [0.4, 0.5) is 10.5 Å². The second-order valence-corrected chi connectivity index (χ2v) is 9.84. The van der Waals surface area contributed by atoms with Crippen LogP contribution in [-0.4, -0.2) is 80.1 Å². The average Bonchev–Trinajstić information content (AvgIpc) is 3.31. The minimum Gasteiger partial charge on any atom is -0.323 e. The van der Waals surface area contributed by atoms with Gasteiger partial charge in [-0.1, -0.05) is 18.2 Å². The van der Waals surface area contributed by atoms with Crippen LogP contribution >= 0.6 is 0 Å². The molecule has 0 radical (unpaired) electrons. The van der Waals surface area contributed by atoms with E-state index >= 15 is 0 Å². The van der Waals surface area contributed by atoms with E-state index in [1.807, 2.05) is 31.2 Å². The van der Waals surface area contributed by atoms with E-state index in [1.54, 1.807) is 9.21 Å². The molecule has 3 rings (SSSR count). The Morgan fingerprint density at radius 3 is 2.61 bits per heavy atom. The van der Waals surface area contributed by atoms with Gasteiger partial charge in [0.25, 0.3) is 0 Å².